The Bertz CT molecular complexity index is 1170. The maximum Gasteiger partial charge on any atom is 0.271 e. The molecule has 2 N–H and O–H groups in total. The molecule has 0 bridgehead atoms. The number of hydrogen-bond donors (Lipinski definition) is 2. The monoisotopic (exact) mass is 489 g/mol. The molecule has 0 aliphatic heterocycles. The van der Waals surface area contributed by atoms with Crippen molar-refractivity contribution in [2.24, 2.45) is 0 Å². The van der Waals surface area contributed by atoms with Gasteiger partial charge in [-0.1, -0.05) is 49.2 Å². The van der Waals surface area contributed by atoms with Crippen molar-refractivity contribution in [1.29, 1.82) is 0 Å². The van der Waals surface area contributed by atoms with E-state index in [-0.39, 0.29) is 23.9 Å². The van der Waals surface area contributed by atoms with Gasteiger partial charge in [-0.25, -0.2) is 4.98 Å². The van der Waals surface area contributed by atoms with Crippen LogP contribution in [0, 0.1) is 13.8 Å². The van der Waals surface area contributed by atoms with Crippen LogP contribution in [0.1, 0.15) is 57.9 Å². The molecule has 35 heavy (non-hydrogen) atoms. The molecular formula is C28H31N3O3S. The number of rotatable bonds is 8. The number of carbonyl (C=O) groups is 2. The lowest BCUT2D eigenvalue weighted by atomic mass is 9.90. The smallest absolute Gasteiger partial charge is 0.271 e. The van der Waals surface area contributed by atoms with Gasteiger partial charge in [-0.05, 0) is 61.6 Å². The molecule has 182 valence electrons. The highest BCUT2D eigenvalue weighted by Gasteiger charge is 2.28. The average Bonchev–Trinajstić information content (AvgIpc) is 3.32. The molecule has 1 aromatic heterocycles. The van der Waals surface area contributed by atoms with E-state index in [0.717, 1.165) is 53.1 Å². The molecule has 2 amide bonds. The maximum absolute atomic E-state index is 12.9. The Hall–Kier alpha value is -3.45. The SMILES string of the molecule is Cc1cc(C)cc(OCc2nc(C(=O)N[C@H]3CCCC[C@@H]3NC(=O)/C=C/c3ccccc3)cs2)c1. The van der Waals surface area contributed by atoms with E-state index < -0.39 is 0 Å². The maximum atomic E-state index is 12.9. The molecule has 1 fully saturated rings. The summed E-state index contributed by atoms with van der Waals surface area (Å²) in [4.78, 5) is 29.8. The van der Waals surface area contributed by atoms with Crippen LogP contribution >= 0.6 is 11.3 Å². The standard InChI is InChI=1S/C28H31N3O3S/c1-19-14-20(2)16-22(15-19)34-17-27-30-25(18-35-27)28(33)31-24-11-7-6-10-23(24)29-26(32)13-12-21-8-4-3-5-9-21/h3-5,8-9,12-16,18,23-24H,6-7,10-11,17H2,1-2H3,(H,29,32)(H,31,33)/b13-12+/t23-,24-/m0/s1. The largest absolute Gasteiger partial charge is 0.486 e. The zero-order valence-corrected chi connectivity index (χ0v) is 20.9. The number of aromatic nitrogens is 1. The Kier molecular flexibility index (Phi) is 8.32. The van der Waals surface area contributed by atoms with E-state index in [4.69, 9.17) is 4.74 Å². The molecule has 1 aliphatic rings. The van der Waals surface area contributed by atoms with Gasteiger partial charge >= 0.3 is 0 Å². The molecule has 7 heteroatoms. The minimum Gasteiger partial charge on any atom is -0.486 e. The van der Waals surface area contributed by atoms with E-state index in [0.29, 0.717) is 12.3 Å². The third-order valence-corrected chi connectivity index (χ3v) is 6.80. The Labute approximate surface area is 210 Å². The third kappa shape index (κ3) is 7.26. The molecular weight excluding hydrogens is 458 g/mol. The quantitative estimate of drug-likeness (QED) is 0.426. The summed E-state index contributed by atoms with van der Waals surface area (Å²) >= 11 is 1.41. The molecule has 0 radical (unpaired) electrons. The zero-order chi connectivity index (χ0) is 24.6. The predicted octanol–water partition coefficient (Wildman–Crippen LogP) is 5.21. The van der Waals surface area contributed by atoms with Gasteiger partial charge in [-0.3, -0.25) is 9.59 Å². The van der Waals surface area contributed by atoms with Gasteiger partial charge in [0.05, 0.1) is 0 Å². The van der Waals surface area contributed by atoms with E-state index in [1.165, 1.54) is 11.3 Å². The van der Waals surface area contributed by atoms with Gasteiger partial charge in [-0.15, -0.1) is 11.3 Å². The highest BCUT2D eigenvalue weighted by Crippen LogP contribution is 2.21. The van der Waals surface area contributed by atoms with Gasteiger partial charge in [0.15, 0.2) is 0 Å². The Morgan fingerprint density at radius 3 is 2.43 bits per heavy atom. The number of amides is 2. The molecule has 4 rings (SSSR count). The van der Waals surface area contributed by atoms with Crippen molar-refractivity contribution < 1.29 is 14.3 Å². The predicted molar refractivity (Wildman–Crippen MR) is 139 cm³/mol. The fourth-order valence-electron chi connectivity index (χ4n) is 4.33. The molecule has 2 atom stereocenters. The van der Waals surface area contributed by atoms with Crippen molar-refractivity contribution >= 4 is 29.2 Å². The van der Waals surface area contributed by atoms with Gasteiger partial charge in [0.1, 0.15) is 23.1 Å². The highest BCUT2D eigenvalue weighted by molar-refractivity contribution is 7.09. The Balaban J connectivity index is 1.31. The van der Waals surface area contributed by atoms with Crippen LogP contribution in [-0.4, -0.2) is 28.9 Å². The van der Waals surface area contributed by atoms with Gasteiger partial charge in [-0.2, -0.15) is 0 Å². The van der Waals surface area contributed by atoms with Crippen molar-refractivity contribution in [3.63, 3.8) is 0 Å². The van der Waals surface area contributed by atoms with Crippen LogP contribution in [0.15, 0.2) is 60.0 Å². The fourth-order valence-corrected chi connectivity index (χ4v) is 5.01. The summed E-state index contributed by atoms with van der Waals surface area (Å²) in [5.41, 5.74) is 3.64. The minimum atomic E-state index is -0.218. The van der Waals surface area contributed by atoms with Crippen molar-refractivity contribution in [2.45, 2.75) is 58.2 Å². The topological polar surface area (TPSA) is 80.3 Å². The second-order valence-electron chi connectivity index (χ2n) is 8.96. The molecule has 6 nitrogen and oxygen atoms in total. The van der Waals surface area contributed by atoms with Crippen molar-refractivity contribution in [3.8, 4) is 5.75 Å². The van der Waals surface area contributed by atoms with Gasteiger partial charge in [0, 0.05) is 23.5 Å². The highest BCUT2D eigenvalue weighted by atomic mass is 32.1. The second-order valence-corrected chi connectivity index (χ2v) is 9.90. The first-order valence-corrected chi connectivity index (χ1v) is 12.8. The third-order valence-electron chi connectivity index (χ3n) is 5.98. The summed E-state index contributed by atoms with van der Waals surface area (Å²) in [6.07, 6.45) is 7.04. The normalized spacial score (nSPS) is 17.8. The van der Waals surface area contributed by atoms with Crippen LogP contribution in [0.5, 0.6) is 5.75 Å². The van der Waals surface area contributed by atoms with Crippen molar-refractivity contribution in [2.75, 3.05) is 0 Å². The molecule has 1 saturated carbocycles. The van der Waals surface area contributed by atoms with Crippen molar-refractivity contribution in [3.05, 3.63) is 87.4 Å². The van der Waals surface area contributed by atoms with E-state index in [9.17, 15) is 9.59 Å². The first-order chi connectivity index (χ1) is 17.0. The number of hydrogen-bond acceptors (Lipinski definition) is 5. The summed E-state index contributed by atoms with van der Waals surface area (Å²) in [5.74, 6) is 0.426. The Morgan fingerprint density at radius 2 is 1.71 bits per heavy atom. The first-order valence-electron chi connectivity index (χ1n) is 12.0. The summed E-state index contributed by atoms with van der Waals surface area (Å²) in [5, 5.41) is 8.67. The van der Waals surface area contributed by atoms with Crippen LogP contribution in [0.2, 0.25) is 0 Å². The minimum absolute atomic E-state index is 0.105. The molecule has 0 unspecified atom stereocenters. The number of aryl methyl sites for hydroxylation is 2. The molecule has 0 spiro atoms. The molecule has 1 heterocycles. The van der Waals surface area contributed by atoms with Gasteiger partial charge < -0.3 is 15.4 Å². The van der Waals surface area contributed by atoms with Crippen LogP contribution in [0.4, 0.5) is 0 Å². The van der Waals surface area contributed by atoms with E-state index in [1.54, 1.807) is 17.5 Å². The second kappa shape index (κ2) is 11.8. The van der Waals surface area contributed by atoms with E-state index in [1.807, 2.05) is 56.3 Å². The Morgan fingerprint density at radius 1 is 1.03 bits per heavy atom. The zero-order valence-electron chi connectivity index (χ0n) is 20.1. The van der Waals surface area contributed by atoms with Crippen LogP contribution in [-0.2, 0) is 11.4 Å². The lowest BCUT2D eigenvalue weighted by Crippen LogP contribution is -2.53. The van der Waals surface area contributed by atoms with Gasteiger partial charge in [0.25, 0.3) is 5.91 Å². The lowest BCUT2D eigenvalue weighted by molar-refractivity contribution is -0.117. The van der Waals surface area contributed by atoms with Crippen LogP contribution in [0.25, 0.3) is 6.08 Å². The summed E-state index contributed by atoms with van der Waals surface area (Å²) in [7, 11) is 0. The number of thiazole rings is 1. The summed E-state index contributed by atoms with van der Waals surface area (Å²) in [6, 6.07) is 15.5. The number of nitrogens with zero attached hydrogens (tertiary/aromatic N) is 1. The number of carbonyl (C=O) groups excluding carboxylic acids is 2. The summed E-state index contributed by atoms with van der Waals surface area (Å²) in [6.45, 7) is 4.38. The van der Waals surface area contributed by atoms with Crippen LogP contribution in [0.3, 0.4) is 0 Å². The molecule has 3 aromatic rings. The molecule has 2 aromatic carbocycles. The van der Waals surface area contributed by atoms with Crippen LogP contribution < -0.4 is 15.4 Å². The summed E-state index contributed by atoms with van der Waals surface area (Å²) < 4.78 is 5.87. The number of nitrogens with one attached hydrogen (secondary N) is 2. The molecule has 0 saturated heterocycles. The van der Waals surface area contributed by atoms with E-state index >= 15 is 0 Å². The number of benzene rings is 2. The lowest BCUT2D eigenvalue weighted by Gasteiger charge is -2.32. The number of ether oxygens (including phenoxy) is 1. The fraction of sp³-hybridized carbons (Fsp3) is 0.321. The van der Waals surface area contributed by atoms with E-state index in [2.05, 4.69) is 21.7 Å². The van der Waals surface area contributed by atoms with Gasteiger partial charge in [0.2, 0.25) is 5.91 Å². The first kappa shape index (κ1) is 24.7. The molecule has 1 aliphatic carbocycles. The average molecular weight is 490 g/mol. The van der Waals surface area contributed by atoms with Crippen molar-refractivity contribution in [1.82, 2.24) is 15.6 Å².